The van der Waals surface area contributed by atoms with Crippen LogP contribution in [0.5, 0.6) is 5.75 Å². The molecule has 1 aromatic rings. The molecule has 94 valence electrons. The SMILES string of the molecule is CC(CNC(=O)CCCl)Oc1ccc(Cl)cc1. The van der Waals surface area contributed by atoms with Gasteiger partial charge in [-0.2, -0.15) is 0 Å². The van der Waals surface area contributed by atoms with E-state index in [2.05, 4.69) is 5.32 Å². The highest BCUT2D eigenvalue weighted by atomic mass is 35.5. The number of carbonyl (C=O) groups excluding carboxylic acids is 1. The van der Waals surface area contributed by atoms with Crippen molar-refractivity contribution in [1.29, 1.82) is 0 Å². The summed E-state index contributed by atoms with van der Waals surface area (Å²) >= 11 is 11.2. The van der Waals surface area contributed by atoms with Gasteiger partial charge in [-0.3, -0.25) is 4.79 Å². The lowest BCUT2D eigenvalue weighted by atomic mass is 10.3. The van der Waals surface area contributed by atoms with Crippen molar-refractivity contribution in [2.45, 2.75) is 19.4 Å². The molecule has 0 bridgehead atoms. The number of nitrogens with one attached hydrogen (secondary N) is 1. The molecule has 1 aromatic carbocycles. The van der Waals surface area contributed by atoms with E-state index < -0.39 is 0 Å². The molecule has 1 rings (SSSR count). The van der Waals surface area contributed by atoms with Gasteiger partial charge < -0.3 is 10.1 Å². The molecular weight excluding hydrogens is 261 g/mol. The third-order valence-corrected chi connectivity index (χ3v) is 2.50. The number of rotatable bonds is 6. The zero-order chi connectivity index (χ0) is 12.7. The molecule has 5 heteroatoms. The van der Waals surface area contributed by atoms with Gasteiger partial charge in [0.15, 0.2) is 0 Å². The molecule has 17 heavy (non-hydrogen) atoms. The molecule has 0 aliphatic rings. The number of hydrogen-bond donors (Lipinski definition) is 1. The molecular formula is C12H15Cl2NO2. The normalized spacial score (nSPS) is 11.9. The van der Waals surface area contributed by atoms with Gasteiger partial charge in [0, 0.05) is 17.3 Å². The summed E-state index contributed by atoms with van der Waals surface area (Å²) in [6, 6.07) is 7.10. The molecule has 0 fully saturated rings. The molecule has 1 unspecified atom stereocenters. The zero-order valence-corrected chi connectivity index (χ0v) is 11.1. The van der Waals surface area contributed by atoms with Crippen LogP contribution >= 0.6 is 23.2 Å². The van der Waals surface area contributed by atoms with Crippen molar-refractivity contribution in [3.05, 3.63) is 29.3 Å². The third kappa shape index (κ3) is 5.80. The summed E-state index contributed by atoms with van der Waals surface area (Å²) in [5.41, 5.74) is 0. The summed E-state index contributed by atoms with van der Waals surface area (Å²) < 4.78 is 5.59. The van der Waals surface area contributed by atoms with Gasteiger partial charge in [0.25, 0.3) is 0 Å². The Balaban J connectivity index is 2.31. The van der Waals surface area contributed by atoms with Gasteiger partial charge in [-0.15, -0.1) is 11.6 Å². The first-order valence-corrected chi connectivity index (χ1v) is 6.28. The largest absolute Gasteiger partial charge is 0.489 e. The van der Waals surface area contributed by atoms with E-state index in [-0.39, 0.29) is 12.0 Å². The van der Waals surface area contributed by atoms with Crippen molar-refractivity contribution < 1.29 is 9.53 Å². The molecule has 0 radical (unpaired) electrons. The lowest BCUT2D eigenvalue weighted by molar-refractivity contribution is -0.121. The van der Waals surface area contributed by atoms with Crippen LogP contribution in [0.3, 0.4) is 0 Å². The predicted octanol–water partition coefficient (Wildman–Crippen LogP) is 2.85. The van der Waals surface area contributed by atoms with Crippen LogP contribution in [0.1, 0.15) is 13.3 Å². The third-order valence-electron chi connectivity index (χ3n) is 2.06. The van der Waals surface area contributed by atoms with E-state index in [1.807, 2.05) is 6.92 Å². The smallest absolute Gasteiger partial charge is 0.221 e. The van der Waals surface area contributed by atoms with Gasteiger partial charge in [0.05, 0.1) is 6.54 Å². The Kier molecular flexibility index (Phi) is 6.16. The number of ether oxygens (including phenoxy) is 1. The molecule has 0 aliphatic carbocycles. The fourth-order valence-corrected chi connectivity index (χ4v) is 1.52. The summed E-state index contributed by atoms with van der Waals surface area (Å²) in [4.78, 5) is 11.2. The van der Waals surface area contributed by atoms with E-state index in [1.165, 1.54) is 0 Å². The molecule has 0 saturated carbocycles. The maximum atomic E-state index is 11.2. The minimum absolute atomic E-state index is 0.0634. The predicted molar refractivity (Wildman–Crippen MR) is 69.9 cm³/mol. The van der Waals surface area contributed by atoms with Crippen molar-refractivity contribution in [2.75, 3.05) is 12.4 Å². The minimum Gasteiger partial charge on any atom is -0.489 e. The lowest BCUT2D eigenvalue weighted by Crippen LogP contribution is -2.33. The van der Waals surface area contributed by atoms with Gasteiger partial charge in [-0.05, 0) is 31.2 Å². The number of amides is 1. The number of carbonyl (C=O) groups is 1. The molecule has 1 amide bonds. The highest BCUT2D eigenvalue weighted by Gasteiger charge is 2.06. The molecule has 1 atom stereocenters. The van der Waals surface area contributed by atoms with Crippen molar-refractivity contribution in [1.82, 2.24) is 5.32 Å². The van der Waals surface area contributed by atoms with E-state index in [9.17, 15) is 4.79 Å². The van der Waals surface area contributed by atoms with Crippen molar-refractivity contribution >= 4 is 29.1 Å². The second-order valence-corrected chi connectivity index (χ2v) is 4.44. The lowest BCUT2D eigenvalue weighted by Gasteiger charge is -2.15. The Hall–Kier alpha value is -0.930. The molecule has 0 heterocycles. The fourth-order valence-electron chi connectivity index (χ4n) is 1.22. The van der Waals surface area contributed by atoms with Crippen LogP contribution in [0.4, 0.5) is 0 Å². The van der Waals surface area contributed by atoms with Crippen LogP contribution in [-0.4, -0.2) is 24.4 Å². The number of benzene rings is 1. The number of alkyl halides is 1. The van der Waals surface area contributed by atoms with Crippen molar-refractivity contribution in [2.24, 2.45) is 0 Å². The second kappa shape index (κ2) is 7.41. The topological polar surface area (TPSA) is 38.3 Å². The summed E-state index contributed by atoms with van der Waals surface area (Å²) in [6.45, 7) is 2.34. The number of hydrogen-bond acceptors (Lipinski definition) is 2. The average Bonchev–Trinajstić information content (AvgIpc) is 2.30. The Morgan fingerprint density at radius 3 is 2.65 bits per heavy atom. The molecule has 3 nitrogen and oxygen atoms in total. The van der Waals surface area contributed by atoms with Crippen molar-refractivity contribution in [3.8, 4) is 5.75 Å². The monoisotopic (exact) mass is 275 g/mol. The average molecular weight is 276 g/mol. The van der Waals surface area contributed by atoms with Gasteiger partial charge in [-0.1, -0.05) is 11.6 Å². The summed E-state index contributed by atoms with van der Waals surface area (Å²) in [5, 5.41) is 3.41. The van der Waals surface area contributed by atoms with Crippen LogP contribution in [-0.2, 0) is 4.79 Å². The Labute approximate surface area is 111 Å². The molecule has 0 saturated heterocycles. The first-order valence-electron chi connectivity index (χ1n) is 5.36. The van der Waals surface area contributed by atoms with Crippen molar-refractivity contribution in [3.63, 3.8) is 0 Å². The van der Waals surface area contributed by atoms with E-state index in [1.54, 1.807) is 24.3 Å². The Morgan fingerprint density at radius 2 is 2.06 bits per heavy atom. The van der Waals surface area contributed by atoms with Crippen LogP contribution < -0.4 is 10.1 Å². The number of halogens is 2. The first-order chi connectivity index (χ1) is 8.11. The highest BCUT2D eigenvalue weighted by Crippen LogP contribution is 2.16. The van der Waals surface area contributed by atoms with Crippen LogP contribution in [0.25, 0.3) is 0 Å². The highest BCUT2D eigenvalue weighted by molar-refractivity contribution is 6.30. The molecule has 0 aromatic heterocycles. The van der Waals surface area contributed by atoms with E-state index in [0.717, 1.165) is 5.75 Å². The second-order valence-electron chi connectivity index (χ2n) is 3.63. The van der Waals surface area contributed by atoms with Gasteiger partial charge in [-0.25, -0.2) is 0 Å². The summed E-state index contributed by atoms with van der Waals surface area (Å²) in [7, 11) is 0. The van der Waals surface area contributed by atoms with Crippen LogP contribution in [0, 0.1) is 0 Å². The molecule has 0 aliphatic heterocycles. The molecule has 0 spiro atoms. The first kappa shape index (κ1) is 14.1. The quantitative estimate of drug-likeness (QED) is 0.811. The fraction of sp³-hybridized carbons (Fsp3) is 0.417. The Bertz CT molecular complexity index is 354. The maximum absolute atomic E-state index is 11.2. The maximum Gasteiger partial charge on any atom is 0.221 e. The van der Waals surface area contributed by atoms with Gasteiger partial charge >= 0.3 is 0 Å². The zero-order valence-electron chi connectivity index (χ0n) is 9.58. The van der Waals surface area contributed by atoms with E-state index >= 15 is 0 Å². The van der Waals surface area contributed by atoms with Gasteiger partial charge in [0.1, 0.15) is 11.9 Å². The van der Waals surface area contributed by atoms with Gasteiger partial charge in [0.2, 0.25) is 5.91 Å². The summed E-state index contributed by atoms with van der Waals surface area (Å²) in [5.74, 6) is 0.998. The van der Waals surface area contributed by atoms with E-state index in [4.69, 9.17) is 27.9 Å². The standard InChI is InChI=1S/C12H15Cl2NO2/c1-9(8-15-12(16)6-7-13)17-11-4-2-10(14)3-5-11/h2-5,9H,6-8H2,1H3,(H,15,16). The molecule has 1 N–H and O–H groups in total. The van der Waals surface area contributed by atoms with Crippen LogP contribution in [0.2, 0.25) is 5.02 Å². The summed E-state index contributed by atoms with van der Waals surface area (Å²) in [6.07, 6.45) is 0.227. The van der Waals surface area contributed by atoms with E-state index in [0.29, 0.717) is 23.9 Å². The van der Waals surface area contributed by atoms with Crippen LogP contribution in [0.15, 0.2) is 24.3 Å². The minimum atomic E-state index is -0.101. The Morgan fingerprint density at radius 1 is 1.41 bits per heavy atom.